The lowest BCUT2D eigenvalue weighted by Crippen LogP contribution is -2.35. The molecule has 2 unspecified atom stereocenters. The van der Waals surface area contributed by atoms with Gasteiger partial charge in [-0.15, -0.1) is 0 Å². The molecular weight excluding hydrogens is 238 g/mol. The summed E-state index contributed by atoms with van der Waals surface area (Å²) in [7, 11) is 1.65. The zero-order chi connectivity index (χ0) is 13.8. The molecule has 106 valence electrons. The van der Waals surface area contributed by atoms with Crippen LogP contribution in [0.1, 0.15) is 45.1 Å². The minimum atomic E-state index is 0.520. The molecule has 2 rings (SSSR count). The Kier molecular flexibility index (Phi) is 4.61. The summed E-state index contributed by atoms with van der Waals surface area (Å²) in [5, 5.41) is 3.62. The van der Waals surface area contributed by atoms with Crippen LogP contribution >= 0.6 is 0 Å². The van der Waals surface area contributed by atoms with Crippen LogP contribution in [0.4, 0.5) is 5.82 Å². The molecule has 0 amide bonds. The van der Waals surface area contributed by atoms with Gasteiger partial charge in [0.15, 0.2) is 0 Å². The number of aromatic nitrogens is 2. The number of hydrogen-bond donors (Lipinski definition) is 1. The Morgan fingerprint density at radius 1 is 1.26 bits per heavy atom. The van der Waals surface area contributed by atoms with Crippen molar-refractivity contribution in [3.05, 3.63) is 11.9 Å². The van der Waals surface area contributed by atoms with Crippen LogP contribution in [0.25, 0.3) is 0 Å². The van der Waals surface area contributed by atoms with Gasteiger partial charge in [0.25, 0.3) is 0 Å². The number of anilines is 1. The molecule has 0 aliphatic heterocycles. The smallest absolute Gasteiger partial charge is 0.221 e. The summed E-state index contributed by atoms with van der Waals surface area (Å²) in [5.74, 6) is 3.02. The average Bonchev–Trinajstić information content (AvgIpc) is 2.41. The summed E-state index contributed by atoms with van der Waals surface area (Å²) >= 11 is 0. The Labute approximate surface area is 116 Å². The quantitative estimate of drug-likeness (QED) is 0.904. The summed E-state index contributed by atoms with van der Waals surface area (Å²) in [4.78, 5) is 8.50. The minimum absolute atomic E-state index is 0.520. The fourth-order valence-corrected chi connectivity index (χ4v) is 3.10. The van der Waals surface area contributed by atoms with Crippen molar-refractivity contribution in [3.63, 3.8) is 0 Å². The Morgan fingerprint density at radius 3 is 2.68 bits per heavy atom. The van der Waals surface area contributed by atoms with E-state index in [2.05, 4.69) is 29.1 Å². The van der Waals surface area contributed by atoms with Crippen molar-refractivity contribution in [3.8, 4) is 5.88 Å². The predicted octanol–water partition coefficient (Wildman–Crippen LogP) is 3.42. The maximum atomic E-state index is 5.26. The van der Waals surface area contributed by atoms with Gasteiger partial charge in [-0.2, -0.15) is 0 Å². The molecule has 1 aromatic rings. The van der Waals surface area contributed by atoms with Crippen molar-refractivity contribution in [1.29, 1.82) is 0 Å². The number of rotatable bonds is 4. The molecule has 1 saturated carbocycles. The van der Waals surface area contributed by atoms with Crippen LogP contribution < -0.4 is 10.1 Å². The average molecular weight is 263 g/mol. The molecule has 1 N–H and O–H groups in total. The third-order valence-corrected chi connectivity index (χ3v) is 4.23. The molecule has 19 heavy (non-hydrogen) atoms. The molecule has 4 nitrogen and oxygen atoms in total. The zero-order valence-corrected chi connectivity index (χ0v) is 12.4. The zero-order valence-electron chi connectivity index (χ0n) is 12.4. The number of nitrogens with zero attached hydrogens (tertiary/aromatic N) is 2. The topological polar surface area (TPSA) is 47.0 Å². The lowest BCUT2D eigenvalue weighted by molar-refractivity contribution is 0.253. The van der Waals surface area contributed by atoms with Gasteiger partial charge in [0.1, 0.15) is 12.1 Å². The molecule has 0 spiro atoms. The molecule has 0 saturated heterocycles. The van der Waals surface area contributed by atoms with Crippen LogP contribution in [0.5, 0.6) is 5.88 Å². The van der Waals surface area contributed by atoms with Crippen LogP contribution in [0.2, 0.25) is 0 Å². The van der Waals surface area contributed by atoms with Gasteiger partial charge in [0, 0.05) is 6.04 Å². The minimum Gasteiger partial charge on any atom is -0.481 e. The van der Waals surface area contributed by atoms with Crippen molar-refractivity contribution in [2.45, 2.75) is 52.5 Å². The van der Waals surface area contributed by atoms with E-state index in [0.29, 0.717) is 17.8 Å². The second-order valence-corrected chi connectivity index (χ2v) is 5.80. The highest BCUT2D eigenvalue weighted by atomic mass is 16.5. The van der Waals surface area contributed by atoms with Gasteiger partial charge in [-0.1, -0.05) is 26.7 Å². The first kappa shape index (κ1) is 14.1. The second kappa shape index (κ2) is 6.22. The largest absolute Gasteiger partial charge is 0.481 e. The van der Waals surface area contributed by atoms with Crippen molar-refractivity contribution in [2.24, 2.45) is 11.8 Å². The molecule has 1 aromatic heterocycles. The maximum Gasteiger partial charge on any atom is 0.221 e. The van der Waals surface area contributed by atoms with E-state index in [4.69, 9.17) is 4.74 Å². The molecular formula is C15H25N3O. The van der Waals surface area contributed by atoms with Gasteiger partial charge in [-0.05, 0) is 31.6 Å². The SMILES string of the molecule is COc1ncnc(NC2CCCCC2C(C)C)c1C. The van der Waals surface area contributed by atoms with Gasteiger partial charge < -0.3 is 10.1 Å². The Balaban J connectivity index is 2.15. The molecule has 1 aliphatic carbocycles. The molecule has 0 bridgehead atoms. The first-order valence-corrected chi connectivity index (χ1v) is 7.25. The highest BCUT2D eigenvalue weighted by Gasteiger charge is 2.28. The lowest BCUT2D eigenvalue weighted by Gasteiger charge is -2.35. The highest BCUT2D eigenvalue weighted by Crippen LogP contribution is 2.33. The van der Waals surface area contributed by atoms with E-state index in [1.807, 2.05) is 6.92 Å². The van der Waals surface area contributed by atoms with Crippen LogP contribution in [0.3, 0.4) is 0 Å². The molecule has 2 atom stereocenters. The number of hydrogen-bond acceptors (Lipinski definition) is 4. The fourth-order valence-electron chi connectivity index (χ4n) is 3.10. The van der Waals surface area contributed by atoms with E-state index in [0.717, 1.165) is 17.3 Å². The molecule has 1 heterocycles. The first-order valence-electron chi connectivity index (χ1n) is 7.25. The van der Waals surface area contributed by atoms with Gasteiger partial charge in [0.05, 0.1) is 12.7 Å². The van der Waals surface area contributed by atoms with Gasteiger partial charge in [-0.3, -0.25) is 0 Å². The summed E-state index contributed by atoms with van der Waals surface area (Å²) < 4.78 is 5.26. The van der Waals surface area contributed by atoms with Crippen molar-refractivity contribution >= 4 is 5.82 Å². The highest BCUT2D eigenvalue weighted by molar-refractivity contribution is 5.48. The fraction of sp³-hybridized carbons (Fsp3) is 0.733. The molecule has 1 aliphatic rings. The molecule has 0 aromatic carbocycles. The maximum absolute atomic E-state index is 5.26. The van der Waals surface area contributed by atoms with Crippen molar-refractivity contribution in [2.75, 3.05) is 12.4 Å². The second-order valence-electron chi connectivity index (χ2n) is 5.80. The predicted molar refractivity (Wildman–Crippen MR) is 77.5 cm³/mol. The van der Waals surface area contributed by atoms with E-state index in [1.54, 1.807) is 13.4 Å². The van der Waals surface area contributed by atoms with Gasteiger partial charge in [-0.25, -0.2) is 9.97 Å². The molecule has 1 fully saturated rings. The Morgan fingerprint density at radius 2 is 2.00 bits per heavy atom. The number of ether oxygens (including phenoxy) is 1. The standard InChI is InChI=1S/C15H25N3O/c1-10(2)12-7-5-6-8-13(12)18-14-11(3)15(19-4)17-9-16-14/h9-10,12-13H,5-8H2,1-4H3,(H,16,17,18). The van der Waals surface area contributed by atoms with Crippen molar-refractivity contribution < 1.29 is 4.74 Å². The number of methoxy groups -OCH3 is 1. The summed E-state index contributed by atoms with van der Waals surface area (Å²) in [5.41, 5.74) is 0.998. The third-order valence-electron chi connectivity index (χ3n) is 4.23. The van der Waals surface area contributed by atoms with Crippen LogP contribution in [-0.2, 0) is 0 Å². The van der Waals surface area contributed by atoms with Gasteiger partial charge >= 0.3 is 0 Å². The first-order chi connectivity index (χ1) is 9.13. The Hall–Kier alpha value is -1.32. The van der Waals surface area contributed by atoms with E-state index in [1.165, 1.54) is 25.7 Å². The van der Waals surface area contributed by atoms with E-state index < -0.39 is 0 Å². The van der Waals surface area contributed by atoms with Crippen LogP contribution in [0.15, 0.2) is 6.33 Å². The van der Waals surface area contributed by atoms with Crippen LogP contribution in [-0.4, -0.2) is 23.1 Å². The van der Waals surface area contributed by atoms with E-state index >= 15 is 0 Å². The van der Waals surface area contributed by atoms with E-state index in [-0.39, 0.29) is 0 Å². The van der Waals surface area contributed by atoms with E-state index in [9.17, 15) is 0 Å². The van der Waals surface area contributed by atoms with Crippen molar-refractivity contribution in [1.82, 2.24) is 9.97 Å². The third kappa shape index (κ3) is 3.17. The molecule has 0 radical (unpaired) electrons. The summed E-state index contributed by atoms with van der Waals surface area (Å²) in [6.45, 7) is 6.64. The summed E-state index contributed by atoms with van der Waals surface area (Å²) in [6.07, 6.45) is 6.78. The van der Waals surface area contributed by atoms with Crippen LogP contribution in [0, 0.1) is 18.8 Å². The Bertz CT molecular complexity index is 420. The monoisotopic (exact) mass is 263 g/mol. The normalized spacial score (nSPS) is 23.4. The summed E-state index contributed by atoms with van der Waals surface area (Å²) in [6, 6.07) is 0.520. The number of nitrogens with one attached hydrogen (secondary N) is 1. The molecule has 4 heteroatoms. The van der Waals surface area contributed by atoms with Gasteiger partial charge in [0.2, 0.25) is 5.88 Å². The lowest BCUT2D eigenvalue weighted by atomic mass is 9.78.